The van der Waals surface area contributed by atoms with Gasteiger partial charge in [-0.15, -0.1) is 12.3 Å². The number of ether oxygens (including phenoxy) is 1. The van der Waals surface area contributed by atoms with Crippen molar-refractivity contribution in [3.05, 3.63) is 59.7 Å². The van der Waals surface area contributed by atoms with E-state index in [0.717, 1.165) is 22.3 Å². The number of nitrogens with zero attached hydrogens (tertiary/aromatic N) is 1. The summed E-state index contributed by atoms with van der Waals surface area (Å²) >= 11 is 0. The molecule has 32 heavy (non-hydrogen) atoms. The Balaban J connectivity index is 1.76. The summed E-state index contributed by atoms with van der Waals surface area (Å²) in [5.41, 5.74) is 3.61. The largest absolute Gasteiger partial charge is 0.480 e. The van der Waals surface area contributed by atoms with Crippen molar-refractivity contribution in [1.29, 1.82) is 0 Å². The maximum atomic E-state index is 12.7. The van der Waals surface area contributed by atoms with E-state index in [9.17, 15) is 14.7 Å². The fourth-order valence-electron chi connectivity index (χ4n) is 4.86. The predicted molar refractivity (Wildman–Crippen MR) is 124 cm³/mol. The Morgan fingerprint density at radius 1 is 1.12 bits per heavy atom. The lowest BCUT2D eigenvalue weighted by molar-refractivity contribution is -0.877. The minimum Gasteiger partial charge on any atom is -0.480 e. The SMILES string of the molecule is C#CC[C@@](C)(C[N+](C)(C)C)[C@H](NC(=O)OCC1c2ccccc2-c2ccccc21)C(=O)O. The molecule has 2 N–H and O–H groups in total. The Labute approximate surface area is 189 Å². The summed E-state index contributed by atoms with van der Waals surface area (Å²) in [4.78, 5) is 24.8. The van der Waals surface area contributed by atoms with Gasteiger partial charge in [0.15, 0.2) is 0 Å². The molecular formula is C26H31N2O4+. The van der Waals surface area contributed by atoms with Crippen molar-refractivity contribution in [1.82, 2.24) is 5.32 Å². The van der Waals surface area contributed by atoms with Gasteiger partial charge in [-0.2, -0.15) is 0 Å². The summed E-state index contributed by atoms with van der Waals surface area (Å²) in [5, 5.41) is 12.4. The monoisotopic (exact) mass is 435 g/mol. The summed E-state index contributed by atoms with van der Waals surface area (Å²) in [5.74, 6) is 1.34. The molecule has 6 nitrogen and oxygen atoms in total. The van der Waals surface area contributed by atoms with Gasteiger partial charge in [0, 0.05) is 12.3 Å². The van der Waals surface area contributed by atoms with Crippen molar-refractivity contribution in [2.45, 2.75) is 25.3 Å². The molecular weight excluding hydrogens is 404 g/mol. The van der Waals surface area contributed by atoms with Crippen molar-refractivity contribution in [2.24, 2.45) is 5.41 Å². The number of terminal acetylenes is 1. The van der Waals surface area contributed by atoms with Crippen LogP contribution in [0.25, 0.3) is 11.1 Å². The number of benzene rings is 2. The molecule has 0 saturated carbocycles. The lowest BCUT2D eigenvalue weighted by Gasteiger charge is -2.39. The van der Waals surface area contributed by atoms with E-state index in [1.165, 1.54) is 0 Å². The van der Waals surface area contributed by atoms with Gasteiger partial charge in [0.2, 0.25) is 0 Å². The Kier molecular flexibility index (Phi) is 6.61. The normalized spacial score (nSPS) is 15.6. The highest BCUT2D eigenvalue weighted by Gasteiger charge is 2.44. The fourth-order valence-corrected chi connectivity index (χ4v) is 4.86. The van der Waals surface area contributed by atoms with Gasteiger partial charge in [0.25, 0.3) is 0 Å². The minimum atomic E-state index is -1.17. The number of nitrogens with one attached hydrogen (secondary N) is 1. The number of quaternary nitrogens is 1. The number of rotatable bonds is 8. The number of carboxylic acids is 1. The first-order valence-corrected chi connectivity index (χ1v) is 10.6. The highest BCUT2D eigenvalue weighted by atomic mass is 16.5. The lowest BCUT2D eigenvalue weighted by atomic mass is 9.78. The van der Waals surface area contributed by atoms with Gasteiger partial charge in [0.1, 0.15) is 12.6 Å². The van der Waals surface area contributed by atoms with E-state index >= 15 is 0 Å². The molecule has 3 rings (SSSR count). The third-order valence-corrected chi connectivity index (χ3v) is 5.89. The quantitative estimate of drug-likeness (QED) is 0.490. The van der Waals surface area contributed by atoms with Gasteiger partial charge < -0.3 is 19.6 Å². The number of alkyl carbamates (subject to hydrolysis) is 1. The van der Waals surface area contributed by atoms with E-state index in [2.05, 4.69) is 23.4 Å². The van der Waals surface area contributed by atoms with Crippen LogP contribution in [0.3, 0.4) is 0 Å². The summed E-state index contributed by atoms with van der Waals surface area (Å²) in [7, 11) is 5.88. The zero-order valence-electron chi connectivity index (χ0n) is 19.1. The molecule has 0 fully saturated rings. The molecule has 0 aromatic heterocycles. The number of fused-ring (bicyclic) bond motifs is 3. The average Bonchev–Trinajstić information content (AvgIpc) is 3.03. The molecule has 1 amide bonds. The van der Waals surface area contributed by atoms with Crippen LogP contribution in [0.2, 0.25) is 0 Å². The van der Waals surface area contributed by atoms with Crippen LogP contribution in [0.1, 0.15) is 30.4 Å². The van der Waals surface area contributed by atoms with Gasteiger partial charge in [0.05, 0.1) is 33.1 Å². The maximum absolute atomic E-state index is 12.7. The maximum Gasteiger partial charge on any atom is 0.407 e. The second kappa shape index (κ2) is 9.05. The Bertz CT molecular complexity index is 1000. The van der Waals surface area contributed by atoms with Crippen LogP contribution in [-0.4, -0.2) is 62.0 Å². The number of hydrogen-bond acceptors (Lipinski definition) is 3. The minimum absolute atomic E-state index is 0.0974. The molecule has 0 aliphatic heterocycles. The summed E-state index contributed by atoms with van der Waals surface area (Å²) in [6.45, 7) is 2.38. The van der Waals surface area contributed by atoms with Crippen molar-refractivity contribution >= 4 is 12.1 Å². The van der Waals surface area contributed by atoms with Gasteiger partial charge >= 0.3 is 12.1 Å². The van der Waals surface area contributed by atoms with Crippen LogP contribution in [0.15, 0.2) is 48.5 Å². The van der Waals surface area contributed by atoms with Crippen molar-refractivity contribution in [3.63, 3.8) is 0 Å². The topological polar surface area (TPSA) is 75.6 Å². The second-order valence-corrected chi connectivity index (χ2v) is 9.72. The van der Waals surface area contributed by atoms with Crippen LogP contribution in [0, 0.1) is 17.8 Å². The van der Waals surface area contributed by atoms with E-state index in [-0.39, 0.29) is 18.9 Å². The third kappa shape index (κ3) is 4.95. The first kappa shape index (κ1) is 23.4. The van der Waals surface area contributed by atoms with Crippen LogP contribution in [0.5, 0.6) is 0 Å². The lowest BCUT2D eigenvalue weighted by Crippen LogP contribution is -2.58. The number of hydrogen-bond donors (Lipinski definition) is 2. The van der Waals surface area contributed by atoms with Gasteiger partial charge in [-0.05, 0) is 22.3 Å². The molecule has 2 aromatic rings. The number of amides is 1. The summed E-state index contributed by atoms with van der Waals surface area (Å²) in [6.07, 6.45) is 4.99. The zero-order valence-corrected chi connectivity index (χ0v) is 19.1. The first-order valence-electron chi connectivity index (χ1n) is 10.6. The molecule has 0 bridgehead atoms. The van der Waals surface area contributed by atoms with E-state index in [4.69, 9.17) is 11.2 Å². The average molecular weight is 436 g/mol. The number of aliphatic carboxylic acids is 1. The van der Waals surface area contributed by atoms with Crippen molar-refractivity contribution in [3.8, 4) is 23.5 Å². The Hall–Kier alpha value is -3.30. The number of carboxylic acid groups (broad SMARTS) is 1. The molecule has 0 saturated heterocycles. The van der Waals surface area contributed by atoms with Crippen molar-refractivity contribution < 1.29 is 23.9 Å². The molecule has 0 unspecified atom stereocenters. The highest BCUT2D eigenvalue weighted by Crippen LogP contribution is 2.44. The summed E-state index contributed by atoms with van der Waals surface area (Å²) < 4.78 is 6.06. The van der Waals surface area contributed by atoms with E-state index < -0.39 is 23.5 Å². The van der Waals surface area contributed by atoms with Crippen molar-refractivity contribution in [2.75, 3.05) is 34.3 Å². The highest BCUT2D eigenvalue weighted by molar-refractivity contribution is 5.81. The van der Waals surface area contributed by atoms with Crippen LogP contribution in [-0.2, 0) is 9.53 Å². The second-order valence-electron chi connectivity index (χ2n) is 9.72. The van der Waals surface area contributed by atoms with Crippen LogP contribution in [0.4, 0.5) is 4.79 Å². The number of carbonyl (C=O) groups excluding carboxylic acids is 1. The molecule has 1 aliphatic rings. The van der Waals surface area contributed by atoms with Gasteiger partial charge in [-0.3, -0.25) is 0 Å². The standard InChI is InChI=1S/C26H30N2O4/c1-6-15-26(2,17-28(3,4)5)23(24(29)30)27-25(31)32-16-22-20-13-9-7-11-18(20)19-12-8-10-14-21(19)22/h1,7-14,22-23H,15-17H2,2-5H3,(H-,27,29,30,31)/p+1/t23-,26+/m1/s1. The molecule has 0 heterocycles. The van der Waals surface area contributed by atoms with E-state index in [1.807, 2.05) is 57.5 Å². The van der Waals surface area contributed by atoms with Crippen LogP contribution < -0.4 is 5.32 Å². The molecule has 1 aliphatic carbocycles. The molecule has 0 radical (unpaired) electrons. The molecule has 168 valence electrons. The van der Waals surface area contributed by atoms with E-state index in [0.29, 0.717) is 11.0 Å². The molecule has 2 aromatic carbocycles. The van der Waals surface area contributed by atoms with Gasteiger partial charge in [-0.25, -0.2) is 9.59 Å². The van der Waals surface area contributed by atoms with Crippen LogP contribution >= 0.6 is 0 Å². The Morgan fingerprint density at radius 3 is 2.12 bits per heavy atom. The summed E-state index contributed by atoms with van der Waals surface area (Å²) in [6, 6.07) is 14.9. The third-order valence-electron chi connectivity index (χ3n) is 5.89. The van der Waals surface area contributed by atoms with E-state index in [1.54, 1.807) is 6.92 Å². The molecule has 0 spiro atoms. The smallest absolute Gasteiger partial charge is 0.407 e. The first-order chi connectivity index (χ1) is 15.1. The Morgan fingerprint density at radius 2 is 1.66 bits per heavy atom. The molecule has 6 heteroatoms. The predicted octanol–water partition coefficient (Wildman–Crippen LogP) is 3.71. The van der Waals surface area contributed by atoms with Gasteiger partial charge in [-0.1, -0.05) is 55.5 Å². The molecule has 2 atom stereocenters. The number of carbonyl (C=O) groups is 2. The fraction of sp³-hybridized carbons (Fsp3) is 0.385. The zero-order chi connectivity index (χ0) is 23.5.